The zero-order valence-electron chi connectivity index (χ0n) is 21.2. The summed E-state index contributed by atoms with van der Waals surface area (Å²) in [6.07, 6.45) is 1.48. The van der Waals surface area contributed by atoms with E-state index in [2.05, 4.69) is 36.1 Å². The highest BCUT2D eigenvalue weighted by Gasteiger charge is 2.26. The molecule has 1 aliphatic rings. The Labute approximate surface area is 223 Å². The summed E-state index contributed by atoms with van der Waals surface area (Å²) in [7, 11) is 1.56. The SMILES string of the molecule is COc1cccc(/C=N\NC(=O)c2nnn(-c3nonc3N)c2CN2CCOCC2)c1OCc1ccccc1. The van der Waals surface area contributed by atoms with Crippen LogP contribution < -0.4 is 20.6 Å². The first-order valence-corrected chi connectivity index (χ1v) is 12.1. The summed E-state index contributed by atoms with van der Waals surface area (Å²) < 4.78 is 23.0. The summed E-state index contributed by atoms with van der Waals surface area (Å²) in [6, 6.07) is 15.2. The van der Waals surface area contributed by atoms with Crippen LogP contribution in [0.5, 0.6) is 11.5 Å². The van der Waals surface area contributed by atoms with Gasteiger partial charge in [0.25, 0.3) is 5.91 Å². The Bertz CT molecular complexity index is 1430. The molecule has 0 atom stereocenters. The van der Waals surface area contributed by atoms with Crippen molar-refractivity contribution < 1.29 is 23.6 Å². The summed E-state index contributed by atoms with van der Waals surface area (Å²) in [5.74, 6) is 0.634. The van der Waals surface area contributed by atoms with Crippen LogP contribution in [0.3, 0.4) is 0 Å². The fraction of sp³-hybridized carbons (Fsp3) is 0.280. The summed E-state index contributed by atoms with van der Waals surface area (Å²) in [5.41, 5.74) is 10.5. The second kappa shape index (κ2) is 12.1. The van der Waals surface area contributed by atoms with Crippen LogP contribution in [0.2, 0.25) is 0 Å². The fourth-order valence-electron chi connectivity index (χ4n) is 3.99. The van der Waals surface area contributed by atoms with Gasteiger partial charge in [0.05, 0.1) is 32.2 Å². The number of ether oxygens (including phenoxy) is 3. The molecule has 5 rings (SSSR count). The minimum Gasteiger partial charge on any atom is -0.493 e. The van der Waals surface area contributed by atoms with Gasteiger partial charge in [0.1, 0.15) is 6.61 Å². The number of carbonyl (C=O) groups is 1. The number of para-hydroxylation sites is 1. The van der Waals surface area contributed by atoms with E-state index in [4.69, 9.17) is 24.6 Å². The average Bonchev–Trinajstić information content (AvgIpc) is 3.58. The number of nitrogens with zero attached hydrogens (tertiary/aromatic N) is 7. The number of rotatable bonds is 10. The lowest BCUT2D eigenvalue weighted by molar-refractivity contribution is 0.0332. The van der Waals surface area contributed by atoms with Crippen LogP contribution in [0, 0.1) is 0 Å². The Morgan fingerprint density at radius 3 is 2.72 bits per heavy atom. The smallest absolute Gasteiger partial charge is 0.293 e. The summed E-state index contributed by atoms with van der Waals surface area (Å²) in [6.45, 7) is 3.20. The highest BCUT2D eigenvalue weighted by atomic mass is 16.6. The molecule has 0 spiro atoms. The van der Waals surface area contributed by atoms with Crippen molar-refractivity contribution in [3.63, 3.8) is 0 Å². The van der Waals surface area contributed by atoms with Crippen molar-refractivity contribution in [1.82, 2.24) is 35.6 Å². The molecule has 0 unspecified atom stereocenters. The van der Waals surface area contributed by atoms with Gasteiger partial charge in [-0.05, 0) is 28.0 Å². The number of nitrogens with two attached hydrogens (primary N) is 1. The Balaban J connectivity index is 1.35. The molecular formula is C25H27N9O5. The molecule has 14 nitrogen and oxygen atoms in total. The quantitative estimate of drug-likeness (QED) is 0.223. The van der Waals surface area contributed by atoms with Crippen molar-refractivity contribution >= 4 is 17.9 Å². The lowest BCUT2D eigenvalue weighted by atomic mass is 10.2. The van der Waals surface area contributed by atoms with Crippen LogP contribution in [0.25, 0.3) is 5.82 Å². The van der Waals surface area contributed by atoms with E-state index in [1.807, 2.05) is 30.3 Å². The molecule has 3 heterocycles. The van der Waals surface area contributed by atoms with E-state index < -0.39 is 5.91 Å². The molecule has 1 saturated heterocycles. The van der Waals surface area contributed by atoms with Crippen molar-refractivity contribution in [2.45, 2.75) is 13.2 Å². The van der Waals surface area contributed by atoms with Crippen LogP contribution in [0.15, 0.2) is 58.3 Å². The fourth-order valence-corrected chi connectivity index (χ4v) is 3.99. The number of hydrogen-bond acceptors (Lipinski definition) is 12. The molecule has 0 radical (unpaired) electrons. The van der Waals surface area contributed by atoms with Gasteiger partial charge in [0.15, 0.2) is 17.2 Å². The molecule has 0 saturated carbocycles. The Kier molecular flexibility index (Phi) is 8.04. The molecule has 39 heavy (non-hydrogen) atoms. The first-order chi connectivity index (χ1) is 19.1. The van der Waals surface area contributed by atoms with Gasteiger partial charge >= 0.3 is 0 Å². The Morgan fingerprint density at radius 1 is 1.15 bits per heavy atom. The largest absolute Gasteiger partial charge is 0.493 e. The number of amides is 1. The number of hydrogen-bond donors (Lipinski definition) is 2. The molecule has 4 aromatic rings. The molecule has 1 aliphatic heterocycles. The maximum Gasteiger partial charge on any atom is 0.293 e. The van der Waals surface area contributed by atoms with Gasteiger partial charge in [-0.1, -0.05) is 41.6 Å². The van der Waals surface area contributed by atoms with E-state index in [1.165, 1.54) is 10.9 Å². The van der Waals surface area contributed by atoms with E-state index >= 15 is 0 Å². The summed E-state index contributed by atoms with van der Waals surface area (Å²) in [4.78, 5) is 15.3. The third-order valence-electron chi connectivity index (χ3n) is 5.98. The molecule has 3 N–H and O–H groups in total. The van der Waals surface area contributed by atoms with Crippen LogP contribution in [0.4, 0.5) is 5.82 Å². The van der Waals surface area contributed by atoms with Crippen LogP contribution in [-0.2, 0) is 17.9 Å². The first-order valence-electron chi connectivity index (χ1n) is 12.1. The van der Waals surface area contributed by atoms with Crippen molar-refractivity contribution in [2.24, 2.45) is 5.10 Å². The lowest BCUT2D eigenvalue weighted by Gasteiger charge is -2.26. The van der Waals surface area contributed by atoms with E-state index in [1.54, 1.807) is 25.3 Å². The van der Waals surface area contributed by atoms with Gasteiger partial charge in [0.2, 0.25) is 11.6 Å². The average molecular weight is 534 g/mol. The minimum absolute atomic E-state index is 0.0224. The molecule has 14 heteroatoms. The number of carbonyl (C=O) groups excluding carboxylic acids is 1. The molecule has 1 fully saturated rings. The Hall–Kier alpha value is -4.82. The molecule has 1 amide bonds. The number of methoxy groups -OCH3 is 1. The molecule has 2 aromatic heterocycles. The van der Waals surface area contributed by atoms with Gasteiger partial charge in [0, 0.05) is 25.2 Å². The number of morpholine rings is 1. The van der Waals surface area contributed by atoms with Gasteiger partial charge in [-0.25, -0.2) is 10.1 Å². The zero-order chi connectivity index (χ0) is 27.0. The van der Waals surface area contributed by atoms with Gasteiger partial charge in [-0.3, -0.25) is 9.69 Å². The lowest BCUT2D eigenvalue weighted by Crippen LogP contribution is -2.37. The topological polar surface area (TPSA) is 168 Å². The van der Waals surface area contributed by atoms with Gasteiger partial charge in [-0.2, -0.15) is 9.78 Å². The first kappa shape index (κ1) is 25.8. The maximum atomic E-state index is 13.2. The number of aromatic nitrogens is 5. The normalized spacial score (nSPS) is 14.0. The molecular weight excluding hydrogens is 506 g/mol. The van der Waals surface area contributed by atoms with Crippen molar-refractivity contribution in [3.05, 3.63) is 71.0 Å². The van der Waals surface area contributed by atoms with Crippen LogP contribution >= 0.6 is 0 Å². The zero-order valence-corrected chi connectivity index (χ0v) is 21.2. The second-order valence-corrected chi connectivity index (χ2v) is 8.51. The van der Waals surface area contributed by atoms with Crippen LogP contribution in [-0.4, -0.2) is 75.7 Å². The Morgan fingerprint density at radius 2 is 1.97 bits per heavy atom. The highest BCUT2D eigenvalue weighted by molar-refractivity contribution is 5.94. The number of benzene rings is 2. The third kappa shape index (κ3) is 6.02. The predicted molar refractivity (Wildman–Crippen MR) is 139 cm³/mol. The van der Waals surface area contributed by atoms with Gasteiger partial charge in [-0.15, -0.1) is 5.10 Å². The van der Waals surface area contributed by atoms with Crippen LogP contribution in [0.1, 0.15) is 27.3 Å². The number of nitrogen functional groups attached to an aromatic ring is 1. The third-order valence-corrected chi connectivity index (χ3v) is 5.98. The molecule has 0 aliphatic carbocycles. The molecule has 2 aromatic carbocycles. The summed E-state index contributed by atoms with van der Waals surface area (Å²) in [5, 5.41) is 19.7. The maximum absolute atomic E-state index is 13.2. The number of nitrogens with one attached hydrogen (secondary N) is 1. The molecule has 202 valence electrons. The number of hydrazone groups is 1. The standard InChI is InChI=1S/C25H27N9O5/c1-36-20-9-5-8-18(22(20)38-16-17-6-3-2-4-7-17)14-27-29-25(35)21-19(15-33-10-12-37-13-11-33)34(32-28-21)24-23(26)30-39-31-24/h2-9,14H,10-13,15-16H2,1H3,(H2,26,30)(H,29,35)/b27-14-. The second-order valence-electron chi connectivity index (χ2n) is 8.51. The minimum atomic E-state index is -0.564. The monoisotopic (exact) mass is 533 g/mol. The van der Waals surface area contributed by atoms with Gasteiger partial charge < -0.3 is 19.9 Å². The van der Waals surface area contributed by atoms with E-state index in [0.717, 1.165) is 5.56 Å². The van der Waals surface area contributed by atoms with Crippen molar-refractivity contribution in [3.8, 4) is 17.3 Å². The molecule has 0 bridgehead atoms. The summed E-state index contributed by atoms with van der Waals surface area (Å²) >= 11 is 0. The predicted octanol–water partition coefficient (Wildman–Crippen LogP) is 1.42. The van der Waals surface area contributed by atoms with E-state index in [9.17, 15) is 4.79 Å². The number of anilines is 1. The van der Waals surface area contributed by atoms with Crippen molar-refractivity contribution in [2.75, 3.05) is 39.1 Å². The van der Waals surface area contributed by atoms with Crippen molar-refractivity contribution in [1.29, 1.82) is 0 Å². The van der Waals surface area contributed by atoms with E-state index in [-0.39, 0.29) is 17.3 Å². The van der Waals surface area contributed by atoms with E-state index in [0.29, 0.717) is 62.2 Å². The highest BCUT2D eigenvalue weighted by Crippen LogP contribution is 2.31.